The Morgan fingerprint density at radius 2 is 2.50 bits per heavy atom. The maximum atomic E-state index is 11.8. The van der Waals surface area contributed by atoms with E-state index >= 15 is 0 Å². The largest absolute Gasteiger partial charge is 0.395 e. The average Bonchev–Trinajstić information content (AvgIpc) is 2.83. The molecule has 2 amide bonds. The molecule has 0 spiro atoms. The number of aromatic nitrogens is 1. The second-order valence-electron chi connectivity index (χ2n) is 3.69. The van der Waals surface area contributed by atoms with E-state index in [1.807, 2.05) is 6.20 Å². The smallest absolute Gasteiger partial charge is 0.318 e. The van der Waals surface area contributed by atoms with Crippen LogP contribution in [-0.2, 0) is 13.0 Å². The summed E-state index contributed by atoms with van der Waals surface area (Å²) in [6.45, 7) is 6.74. The molecule has 0 fully saturated rings. The quantitative estimate of drug-likeness (QED) is 0.735. The van der Waals surface area contributed by atoms with Gasteiger partial charge in [-0.3, -0.25) is 0 Å². The summed E-state index contributed by atoms with van der Waals surface area (Å²) in [7, 11) is 0. The Balaban J connectivity index is 2.45. The fourth-order valence-electron chi connectivity index (χ4n) is 1.41. The van der Waals surface area contributed by atoms with Gasteiger partial charge in [-0.25, -0.2) is 9.78 Å². The minimum atomic E-state index is -0.211. The summed E-state index contributed by atoms with van der Waals surface area (Å²) >= 11 is 1.60. The van der Waals surface area contributed by atoms with Crippen LogP contribution < -0.4 is 5.32 Å². The van der Waals surface area contributed by atoms with Crippen LogP contribution in [0.5, 0.6) is 0 Å². The van der Waals surface area contributed by atoms with Gasteiger partial charge in [0.2, 0.25) is 0 Å². The van der Waals surface area contributed by atoms with Crippen molar-refractivity contribution in [3.63, 3.8) is 0 Å². The molecule has 100 valence electrons. The first-order chi connectivity index (χ1) is 8.71. The minimum Gasteiger partial charge on any atom is -0.395 e. The number of carbonyl (C=O) groups is 1. The van der Waals surface area contributed by atoms with Crippen molar-refractivity contribution in [2.75, 3.05) is 19.7 Å². The van der Waals surface area contributed by atoms with E-state index in [1.54, 1.807) is 17.4 Å². The number of nitrogens with one attached hydrogen (secondary N) is 1. The Morgan fingerprint density at radius 1 is 1.72 bits per heavy atom. The van der Waals surface area contributed by atoms with Crippen molar-refractivity contribution in [2.45, 2.75) is 19.9 Å². The molecule has 1 heterocycles. The average molecular weight is 269 g/mol. The second-order valence-corrected chi connectivity index (χ2v) is 4.89. The van der Waals surface area contributed by atoms with E-state index in [4.69, 9.17) is 5.11 Å². The SMILES string of the molecule is C=CCN(CCO)C(=O)NCc1ncc(CC)s1. The van der Waals surface area contributed by atoms with Crippen molar-refractivity contribution in [3.05, 3.63) is 28.7 Å². The molecule has 0 aliphatic carbocycles. The molecule has 18 heavy (non-hydrogen) atoms. The fourth-order valence-corrected chi connectivity index (χ4v) is 2.21. The molecule has 0 aliphatic rings. The number of aliphatic hydroxyl groups is 1. The van der Waals surface area contributed by atoms with Gasteiger partial charge in [-0.1, -0.05) is 13.0 Å². The summed E-state index contributed by atoms with van der Waals surface area (Å²) < 4.78 is 0. The van der Waals surface area contributed by atoms with Crippen molar-refractivity contribution < 1.29 is 9.90 Å². The van der Waals surface area contributed by atoms with Gasteiger partial charge < -0.3 is 15.3 Å². The number of hydrogen-bond acceptors (Lipinski definition) is 4. The Labute approximate surface area is 111 Å². The number of amides is 2. The molecule has 0 atom stereocenters. The Bertz CT molecular complexity index is 392. The lowest BCUT2D eigenvalue weighted by molar-refractivity contribution is 0.183. The Hall–Kier alpha value is -1.40. The Kier molecular flexibility index (Phi) is 6.38. The van der Waals surface area contributed by atoms with E-state index in [9.17, 15) is 4.79 Å². The zero-order valence-corrected chi connectivity index (χ0v) is 11.4. The number of aryl methyl sites for hydroxylation is 1. The van der Waals surface area contributed by atoms with E-state index in [0.29, 0.717) is 19.6 Å². The van der Waals surface area contributed by atoms with Gasteiger partial charge in [-0.05, 0) is 6.42 Å². The van der Waals surface area contributed by atoms with Crippen LogP contribution in [0.1, 0.15) is 16.8 Å². The normalized spacial score (nSPS) is 10.1. The molecule has 0 saturated carbocycles. The molecule has 0 aliphatic heterocycles. The highest BCUT2D eigenvalue weighted by atomic mass is 32.1. The molecule has 0 radical (unpaired) electrons. The predicted molar refractivity (Wildman–Crippen MR) is 72.6 cm³/mol. The standard InChI is InChI=1S/C12H19N3O2S/c1-3-5-15(6-7-16)12(17)14-9-11-13-8-10(4-2)18-11/h3,8,16H,1,4-7,9H2,2H3,(H,14,17). The predicted octanol–water partition coefficient (Wildman–Crippen LogP) is 1.40. The third-order valence-corrected chi connectivity index (χ3v) is 3.49. The molecule has 0 unspecified atom stereocenters. The number of carbonyl (C=O) groups excluding carboxylic acids is 1. The summed E-state index contributed by atoms with van der Waals surface area (Å²) in [6, 6.07) is -0.211. The van der Waals surface area contributed by atoms with Gasteiger partial charge in [0.05, 0.1) is 13.2 Å². The van der Waals surface area contributed by atoms with Crippen LogP contribution in [0.4, 0.5) is 4.79 Å². The lowest BCUT2D eigenvalue weighted by Crippen LogP contribution is -2.41. The highest BCUT2D eigenvalue weighted by molar-refractivity contribution is 7.11. The van der Waals surface area contributed by atoms with Crippen molar-refractivity contribution in [1.29, 1.82) is 0 Å². The molecule has 2 N–H and O–H groups in total. The molecule has 5 nitrogen and oxygen atoms in total. The van der Waals surface area contributed by atoms with E-state index in [1.165, 1.54) is 9.78 Å². The molecule has 1 aromatic heterocycles. The molecular weight excluding hydrogens is 250 g/mol. The van der Waals surface area contributed by atoms with Gasteiger partial charge >= 0.3 is 6.03 Å². The summed E-state index contributed by atoms with van der Waals surface area (Å²) in [5, 5.41) is 12.5. The lowest BCUT2D eigenvalue weighted by atomic mass is 10.4. The third kappa shape index (κ3) is 4.46. The van der Waals surface area contributed by atoms with Crippen LogP contribution in [0.25, 0.3) is 0 Å². The zero-order chi connectivity index (χ0) is 13.4. The monoisotopic (exact) mass is 269 g/mol. The number of hydrogen-bond donors (Lipinski definition) is 2. The number of thiazole rings is 1. The summed E-state index contributed by atoms with van der Waals surface area (Å²) in [5.74, 6) is 0. The van der Waals surface area contributed by atoms with E-state index in [-0.39, 0.29) is 12.6 Å². The summed E-state index contributed by atoms with van der Waals surface area (Å²) in [6.07, 6.45) is 4.42. The molecule has 6 heteroatoms. The van der Waals surface area contributed by atoms with Crippen LogP contribution in [0.2, 0.25) is 0 Å². The molecule has 1 rings (SSSR count). The van der Waals surface area contributed by atoms with Gasteiger partial charge in [0.1, 0.15) is 5.01 Å². The highest BCUT2D eigenvalue weighted by Crippen LogP contribution is 2.12. The summed E-state index contributed by atoms with van der Waals surface area (Å²) in [5.41, 5.74) is 0. The van der Waals surface area contributed by atoms with Crippen molar-refractivity contribution in [3.8, 4) is 0 Å². The second kappa shape index (κ2) is 7.84. The number of nitrogens with zero attached hydrogens (tertiary/aromatic N) is 2. The first-order valence-corrected chi connectivity index (χ1v) is 6.71. The van der Waals surface area contributed by atoms with Crippen LogP contribution in [0.3, 0.4) is 0 Å². The maximum absolute atomic E-state index is 11.8. The van der Waals surface area contributed by atoms with Crippen LogP contribution in [0, 0.1) is 0 Å². The number of aliphatic hydroxyl groups excluding tert-OH is 1. The topological polar surface area (TPSA) is 65.5 Å². The maximum Gasteiger partial charge on any atom is 0.318 e. The first kappa shape index (κ1) is 14.7. The molecular formula is C12H19N3O2S. The van der Waals surface area contributed by atoms with Crippen molar-refractivity contribution in [2.24, 2.45) is 0 Å². The van der Waals surface area contributed by atoms with Gasteiger partial charge in [-0.2, -0.15) is 0 Å². The van der Waals surface area contributed by atoms with Gasteiger partial charge in [0.25, 0.3) is 0 Å². The van der Waals surface area contributed by atoms with Gasteiger partial charge in [0.15, 0.2) is 0 Å². The van der Waals surface area contributed by atoms with Gasteiger partial charge in [0, 0.05) is 24.2 Å². The molecule has 0 aromatic carbocycles. The van der Waals surface area contributed by atoms with Crippen LogP contribution >= 0.6 is 11.3 Å². The minimum absolute atomic E-state index is 0.0570. The van der Waals surface area contributed by atoms with E-state index in [2.05, 4.69) is 23.8 Å². The molecule has 1 aromatic rings. The number of urea groups is 1. The lowest BCUT2D eigenvalue weighted by Gasteiger charge is -2.20. The van der Waals surface area contributed by atoms with E-state index < -0.39 is 0 Å². The zero-order valence-electron chi connectivity index (χ0n) is 10.6. The first-order valence-electron chi connectivity index (χ1n) is 5.89. The highest BCUT2D eigenvalue weighted by Gasteiger charge is 2.11. The Morgan fingerprint density at radius 3 is 3.06 bits per heavy atom. The third-order valence-electron chi connectivity index (χ3n) is 2.35. The number of rotatable bonds is 7. The van der Waals surface area contributed by atoms with Crippen molar-refractivity contribution >= 4 is 17.4 Å². The van der Waals surface area contributed by atoms with Crippen molar-refractivity contribution in [1.82, 2.24) is 15.2 Å². The summed E-state index contributed by atoms with van der Waals surface area (Å²) in [4.78, 5) is 18.7. The fraction of sp³-hybridized carbons (Fsp3) is 0.500. The van der Waals surface area contributed by atoms with E-state index in [0.717, 1.165) is 11.4 Å². The van der Waals surface area contributed by atoms with Crippen LogP contribution in [0.15, 0.2) is 18.9 Å². The molecule has 0 saturated heterocycles. The molecule has 0 bridgehead atoms. The van der Waals surface area contributed by atoms with Crippen LogP contribution in [-0.4, -0.2) is 40.7 Å². The van der Waals surface area contributed by atoms with Gasteiger partial charge in [-0.15, -0.1) is 17.9 Å².